The monoisotopic (exact) mass is 1530 g/mol. The summed E-state index contributed by atoms with van der Waals surface area (Å²) >= 11 is 0. The number of hydrogen-bond acceptors (Lipinski definition) is 16. The van der Waals surface area contributed by atoms with Gasteiger partial charge >= 0.3 is 0 Å². The Labute approximate surface area is 648 Å². The van der Waals surface area contributed by atoms with Crippen molar-refractivity contribution in [2.75, 3.05) is 95.4 Å². The third-order valence-corrected chi connectivity index (χ3v) is 20.1. The van der Waals surface area contributed by atoms with Crippen molar-refractivity contribution < 1.29 is 77.2 Å². The molecule has 2 saturated heterocycles. The molecule has 0 bridgehead atoms. The first-order valence-electron chi connectivity index (χ1n) is 39.0. The van der Waals surface area contributed by atoms with E-state index in [2.05, 4.69) is 21.3 Å². The van der Waals surface area contributed by atoms with E-state index in [0.717, 1.165) is 16.2 Å². The Morgan fingerprint density at radius 1 is 0.459 bits per heavy atom. The van der Waals surface area contributed by atoms with Crippen molar-refractivity contribution in [1.29, 1.82) is 0 Å². The van der Waals surface area contributed by atoms with Crippen LogP contribution in [0.15, 0.2) is 60.7 Å². The number of likely N-dealkylation sites (N-methyl/N-ethyl adjacent to an activating group) is 6. The molecular weight excluding hydrogens is 1400 g/mol. The van der Waals surface area contributed by atoms with Crippen LogP contribution < -0.4 is 21.3 Å². The molecule has 2 aromatic carbocycles. The number of piperidine rings is 1. The minimum Gasteiger partial charge on any atom is -0.391 e. The first kappa shape index (κ1) is 93.3. The van der Waals surface area contributed by atoms with Gasteiger partial charge in [-0.3, -0.25) is 57.5 Å². The smallest absolute Gasteiger partial charge is 0.248 e. The second-order valence-electron chi connectivity index (χ2n) is 32.7. The molecule has 11 atom stereocenters. The van der Waals surface area contributed by atoms with Crippen LogP contribution >= 0.6 is 0 Å². The molecular formula is C81H132N12O16. The van der Waals surface area contributed by atoms with Crippen LogP contribution in [0, 0.1) is 29.6 Å². The van der Waals surface area contributed by atoms with E-state index < -0.39 is 163 Å². The molecule has 109 heavy (non-hydrogen) atoms. The van der Waals surface area contributed by atoms with E-state index >= 15 is 43.2 Å². The third kappa shape index (κ3) is 29.6. The van der Waals surface area contributed by atoms with Gasteiger partial charge in [0.05, 0.1) is 37.9 Å². The van der Waals surface area contributed by atoms with Gasteiger partial charge in [0.1, 0.15) is 60.4 Å². The van der Waals surface area contributed by atoms with Gasteiger partial charge in [-0.25, -0.2) is 0 Å². The van der Waals surface area contributed by atoms with Crippen LogP contribution in [0.25, 0.3) is 0 Å². The van der Waals surface area contributed by atoms with Crippen molar-refractivity contribution in [3.05, 3.63) is 71.8 Å². The number of rotatable bonds is 23. The van der Waals surface area contributed by atoms with Crippen LogP contribution in [0.4, 0.5) is 0 Å². The summed E-state index contributed by atoms with van der Waals surface area (Å²) in [5, 5.41) is 33.7. The molecule has 2 aliphatic heterocycles. The Morgan fingerprint density at radius 3 is 1.34 bits per heavy atom. The van der Waals surface area contributed by atoms with Gasteiger partial charge in [0.25, 0.3) is 0 Å². The maximum Gasteiger partial charge on any atom is 0.248 e. The van der Waals surface area contributed by atoms with E-state index in [0.29, 0.717) is 43.5 Å². The van der Waals surface area contributed by atoms with Crippen molar-refractivity contribution in [2.45, 2.75) is 246 Å². The molecule has 2 fully saturated rings. The fourth-order valence-corrected chi connectivity index (χ4v) is 13.5. The van der Waals surface area contributed by atoms with Crippen molar-refractivity contribution in [3.63, 3.8) is 0 Å². The minimum atomic E-state index is -1.71. The Balaban J connectivity index is 2.01. The second-order valence-corrected chi connectivity index (χ2v) is 32.7. The molecule has 0 radical (unpaired) electrons. The molecule has 12 amide bonds. The lowest BCUT2D eigenvalue weighted by atomic mass is 9.96. The average molecular weight is 1530 g/mol. The number of amides is 12. The summed E-state index contributed by atoms with van der Waals surface area (Å²) in [4.78, 5) is 192. The quantitative estimate of drug-likeness (QED) is 0.0838. The molecule has 0 aromatic heterocycles. The van der Waals surface area contributed by atoms with Crippen molar-refractivity contribution in [2.24, 2.45) is 29.6 Å². The summed E-state index contributed by atoms with van der Waals surface area (Å²) in [6.07, 6.45) is 0.731. The van der Waals surface area contributed by atoms with Crippen LogP contribution in [0.1, 0.15) is 172 Å². The lowest BCUT2D eigenvalue weighted by molar-refractivity contribution is -0.152. The number of benzene rings is 2. The summed E-state index contributed by atoms with van der Waals surface area (Å²) in [5.74, 6) is -9.29. The van der Waals surface area contributed by atoms with Gasteiger partial charge in [0, 0.05) is 94.8 Å². The summed E-state index contributed by atoms with van der Waals surface area (Å²) in [7, 11) is 9.93. The zero-order chi connectivity index (χ0) is 81.9. The summed E-state index contributed by atoms with van der Waals surface area (Å²) in [6, 6.07) is 3.58. The van der Waals surface area contributed by atoms with Crippen molar-refractivity contribution >= 4 is 70.9 Å². The van der Waals surface area contributed by atoms with Gasteiger partial charge in [0.2, 0.25) is 70.9 Å². The predicted molar refractivity (Wildman–Crippen MR) is 416 cm³/mol. The summed E-state index contributed by atoms with van der Waals surface area (Å²) in [6.45, 7) is 22.8. The SMILES string of the molecule is CC(C)CCOC[C@@H]1NC(=O)[C@H](Cc2ccccc2)N(C)C(=O)[C@H](Cc2ccccc2)N(C)C(=O)[C@H](COCC(C)(C)O)NC(=O)[C@H](CC(C)C)N(C)C(=O)CCCN(C)C(=O)C[C@@H](C(=O)N2CCCCC2)NC(=O)[C@H](CC(C)C)N(C)C(=O)[C@H](CC(C)C)N(C)C(=O)[C@H]([C@@H](C)O)NC(=O)[C@H](CC(C)C)N(C)C1=O. The Morgan fingerprint density at radius 2 is 0.862 bits per heavy atom. The van der Waals surface area contributed by atoms with E-state index in [1.165, 1.54) is 94.6 Å². The third-order valence-electron chi connectivity index (χ3n) is 20.1. The second kappa shape index (κ2) is 44.7. The molecule has 2 heterocycles. The lowest BCUT2D eigenvalue weighted by Gasteiger charge is -2.38. The van der Waals surface area contributed by atoms with Gasteiger partial charge in [0.15, 0.2) is 0 Å². The van der Waals surface area contributed by atoms with Gasteiger partial charge < -0.3 is 80.2 Å². The number of nitrogens with zero attached hydrogens (tertiary/aromatic N) is 8. The Hall–Kier alpha value is -8.08. The summed E-state index contributed by atoms with van der Waals surface area (Å²) < 4.78 is 12.1. The standard InChI is InChI=1S/C81H132N12O16/c1-51(2)36-40-108-48-60-75(101)88(16)64(43-54(7)8)74(100)85-70(56(11)94)80(106)92(20)66(44-55(9)10)78(104)89(17)63(42-53(5)6)72(98)82-59(77(103)93-38-28-23-29-39-93)47-69(96)86(14)37-30-35-68(95)87(15)62(41-52(3)4)71(97)84-61(49-109-50-81(12,13)107)76(102)91(19)67(46-58-33-26-22-27-34-58)79(105)90(18)65(73(99)83-60)45-57-31-24-21-25-32-57/h21-22,24-27,31-34,51-56,59-67,70,94,107H,23,28-30,35-50H2,1-20H3,(H,82,98)(H,83,99)(H,84,97)(H,85,100)/t56-,59+,60+,61+,62+,63+,64+,65+,66+,67+,70+/m1/s1. The molecule has 2 aromatic rings. The molecule has 0 unspecified atom stereocenters. The largest absolute Gasteiger partial charge is 0.391 e. The highest BCUT2D eigenvalue weighted by molar-refractivity contribution is 6.00. The maximum atomic E-state index is 15.8. The number of carbonyl (C=O) groups excluding carboxylic acids is 12. The molecule has 28 heteroatoms. The van der Waals surface area contributed by atoms with Crippen LogP contribution in [0.5, 0.6) is 0 Å². The molecule has 6 N–H and O–H groups in total. The van der Waals surface area contributed by atoms with Gasteiger partial charge in [-0.15, -0.1) is 0 Å². The summed E-state index contributed by atoms with van der Waals surface area (Å²) in [5.41, 5.74) is -0.174. The fraction of sp³-hybridized carbons (Fsp3) is 0.704. The van der Waals surface area contributed by atoms with Crippen LogP contribution in [-0.4, -0.2) is 288 Å². The van der Waals surface area contributed by atoms with E-state index in [-0.39, 0.29) is 101 Å². The zero-order valence-corrected chi connectivity index (χ0v) is 68.8. The van der Waals surface area contributed by atoms with E-state index in [1.54, 1.807) is 65.6 Å². The number of hydrogen-bond donors (Lipinski definition) is 6. The molecule has 28 nitrogen and oxygen atoms in total. The highest BCUT2D eigenvalue weighted by atomic mass is 16.5. The van der Waals surface area contributed by atoms with Crippen LogP contribution in [0.2, 0.25) is 0 Å². The van der Waals surface area contributed by atoms with Crippen LogP contribution in [0.3, 0.4) is 0 Å². The number of carbonyl (C=O) groups is 12. The van der Waals surface area contributed by atoms with Crippen molar-refractivity contribution in [1.82, 2.24) is 60.5 Å². The molecule has 0 saturated carbocycles. The zero-order valence-electron chi connectivity index (χ0n) is 68.8. The van der Waals surface area contributed by atoms with Gasteiger partial charge in [-0.2, -0.15) is 0 Å². The first-order chi connectivity index (χ1) is 51.1. The normalized spacial score (nSPS) is 24.4. The first-order valence-corrected chi connectivity index (χ1v) is 39.0. The highest BCUT2D eigenvalue weighted by Gasteiger charge is 2.45. The topological polar surface area (TPSA) is 338 Å². The molecule has 0 aliphatic carbocycles. The molecule has 4 rings (SSSR count). The number of aliphatic hydroxyl groups is 2. The van der Waals surface area contributed by atoms with Gasteiger partial charge in [-0.1, -0.05) is 130 Å². The number of likely N-dealkylation sites (tertiary alicyclic amines) is 1. The van der Waals surface area contributed by atoms with Crippen LogP contribution in [-0.2, 0) is 79.8 Å². The number of ether oxygens (including phenoxy) is 2. The number of nitrogens with one attached hydrogen (secondary N) is 4. The van der Waals surface area contributed by atoms with E-state index in [1.807, 2.05) is 69.2 Å². The Bertz CT molecular complexity index is 3290. The lowest BCUT2D eigenvalue weighted by Crippen LogP contribution is -2.63. The average Bonchev–Trinajstić information content (AvgIpc) is 0.813. The molecule has 0 spiro atoms. The highest BCUT2D eigenvalue weighted by Crippen LogP contribution is 2.24. The van der Waals surface area contributed by atoms with Crippen molar-refractivity contribution in [3.8, 4) is 0 Å². The molecule has 612 valence electrons. The Kier molecular flexibility index (Phi) is 38.2. The fourth-order valence-electron chi connectivity index (χ4n) is 13.5. The predicted octanol–water partition coefficient (Wildman–Crippen LogP) is 4.44. The van der Waals surface area contributed by atoms with E-state index in [9.17, 15) is 24.6 Å². The van der Waals surface area contributed by atoms with Gasteiger partial charge in [-0.05, 0) is 119 Å². The number of aliphatic hydroxyl groups excluding tert-OH is 1. The molecule has 2 aliphatic rings. The minimum absolute atomic E-state index is 0.00164. The maximum absolute atomic E-state index is 15.8. The van der Waals surface area contributed by atoms with E-state index in [4.69, 9.17) is 9.47 Å².